The molecule has 0 fully saturated rings. The minimum atomic E-state index is -4.39. The zero-order valence-electron chi connectivity index (χ0n) is 35.4. The number of rotatable bonds is 37. The molecule has 1 N–H and O–H groups in total. The third-order valence-corrected chi connectivity index (χ3v) is 9.45. The lowest BCUT2D eigenvalue weighted by Crippen LogP contribution is -2.37. The Kier molecular flexibility index (Phi) is 35.3. The fourth-order valence-electron chi connectivity index (χ4n) is 5.16. The van der Waals surface area contributed by atoms with E-state index in [9.17, 15) is 19.0 Å². The highest BCUT2D eigenvalue weighted by atomic mass is 31.2. The molecule has 0 aromatic rings. The van der Waals surface area contributed by atoms with Gasteiger partial charge in [-0.2, -0.15) is 0 Å². The Morgan fingerprint density at radius 1 is 0.582 bits per heavy atom. The van der Waals surface area contributed by atoms with Gasteiger partial charge in [-0.25, -0.2) is 4.57 Å². The van der Waals surface area contributed by atoms with Crippen LogP contribution in [-0.2, 0) is 32.7 Å². The molecule has 0 heterocycles. The molecule has 0 aromatic heterocycles. The summed E-state index contributed by atoms with van der Waals surface area (Å²) < 4.78 is 34.2. The molecule has 0 radical (unpaired) electrons. The number of unbranched alkanes of at least 4 members (excludes halogenated alkanes) is 11. The molecule has 0 aromatic carbocycles. The monoisotopic (exact) mass is 793 g/mol. The van der Waals surface area contributed by atoms with E-state index in [0.717, 1.165) is 70.6 Å². The zero-order chi connectivity index (χ0) is 40.7. The molecule has 0 bridgehead atoms. The summed E-state index contributed by atoms with van der Waals surface area (Å²) in [6, 6.07) is 0. The molecule has 0 saturated heterocycles. The highest BCUT2D eigenvalue weighted by molar-refractivity contribution is 7.47. The van der Waals surface area contributed by atoms with Gasteiger partial charge >= 0.3 is 19.8 Å². The van der Waals surface area contributed by atoms with Crippen molar-refractivity contribution in [3.05, 3.63) is 72.9 Å². The fraction of sp³-hybridized carbons (Fsp3) is 0.689. The van der Waals surface area contributed by atoms with E-state index in [-0.39, 0.29) is 26.1 Å². The number of hydrogen-bond acceptors (Lipinski definition) is 7. The number of hydrogen-bond donors (Lipinski definition) is 1. The van der Waals surface area contributed by atoms with Crippen LogP contribution in [-0.4, -0.2) is 74.9 Å². The quantitative estimate of drug-likeness (QED) is 0.0218. The maximum absolute atomic E-state index is 12.6. The molecule has 0 aliphatic heterocycles. The smallest absolute Gasteiger partial charge is 0.462 e. The second kappa shape index (κ2) is 37.1. The van der Waals surface area contributed by atoms with Crippen LogP contribution in [0, 0.1) is 0 Å². The van der Waals surface area contributed by atoms with Gasteiger partial charge in [-0.05, 0) is 77.0 Å². The van der Waals surface area contributed by atoms with Crippen LogP contribution in [0.4, 0.5) is 0 Å². The first-order chi connectivity index (χ1) is 26.5. The Labute approximate surface area is 336 Å². The maximum atomic E-state index is 12.6. The number of carbonyl (C=O) groups is 2. The van der Waals surface area contributed by atoms with Crippen LogP contribution < -0.4 is 0 Å². The number of allylic oxidation sites excluding steroid dienone is 12. The predicted molar refractivity (Wildman–Crippen MR) is 229 cm³/mol. The van der Waals surface area contributed by atoms with Crippen LogP contribution in [0.2, 0.25) is 0 Å². The van der Waals surface area contributed by atoms with Gasteiger partial charge in [0.05, 0.1) is 27.7 Å². The van der Waals surface area contributed by atoms with Crippen molar-refractivity contribution in [1.82, 2.24) is 0 Å². The molecule has 2 atom stereocenters. The largest absolute Gasteiger partial charge is 0.472 e. The second-order valence-electron chi connectivity index (χ2n) is 15.0. The van der Waals surface area contributed by atoms with Gasteiger partial charge in [0.25, 0.3) is 0 Å². The molecule has 10 heteroatoms. The summed E-state index contributed by atoms with van der Waals surface area (Å²) in [6.07, 6.45) is 45.3. The van der Waals surface area contributed by atoms with Gasteiger partial charge in [-0.3, -0.25) is 18.6 Å². The van der Waals surface area contributed by atoms with Crippen molar-refractivity contribution in [2.75, 3.05) is 47.5 Å². The number of esters is 2. The van der Waals surface area contributed by atoms with Gasteiger partial charge in [0.1, 0.15) is 19.8 Å². The number of phosphoric acid groups is 1. The molecule has 0 aliphatic rings. The summed E-state index contributed by atoms with van der Waals surface area (Å²) in [5, 5.41) is 0. The van der Waals surface area contributed by atoms with Crippen molar-refractivity contribution < 1.29 is 42.1 Å². The van der Waals surface area contributed by atoms with Gasteiger partial charge in [0.2, 0.25) is 0 Å². The summed E-state index contributed by atoms with van der Waals surface area (Å²) in [7, 11) is 1.42. The van der Waals surface area contributed by atoms with Gasteiger partial charge in [-0.1, -0.05) is 132 Å². The molecule has 0 amide bonds. The van der Waals surface area contributed by atoms with Crippen molar-refractivity contribution in [3.8, 4) is 0 Å². The van der Waals surface area contributed by atoms with Crippen LogP contribution in [0.25, 0.3) is 0 Å². The average Bonchev–Trinajstić information content (AvgIpc) is 3.13. The lowest BCUT2D eigenvalue weighted by Gasteiger charge is -2.24. The number of quaternary nitrogens is 1. The minimum Gasteiger partial charge on any atom is -0.462 e. The average molecular weight is 793 g/mol. The normalized spacial score (nSPS) is 14.4. The van der Waals surface area contributed by atoms with Gasteiger partial charge in [0, 0.05) is 12.8 Å². The third-order valence-electron chi connectivity index (χ3n) is 8.47. The molecule has 1 unspecified atom stereocenters. The van der Waals surface area contributed by atoms with E-state index in [4.69, 9.17) is 18.5 Å². The van der Waals surface area contributed by atoms with Gasteiger partial charge in [-0.15, -0.1) is 0 Å². The van der Waals surface area contributed by atoms with Gasteiger partial charge < -0.3 is 18.9 Å². The summed E-state index contributed by atoms with van der Waals surface area (Å²) in [5.41, 5.74) is 0. The third kappa shape index (κ3) is 40.9. The molecule has 55 heavy (non-hydrogen) atoms. The topological polar surface area (TPSA) is 108 Å². The standard InChI is InChI=1S/C45H78NO8P/c1-6-8-10-12-14-16-18-20-22-23-24-26-28-30-32-34-36-38-45(48)54-43(42-53-55(49,50)52-40-39-46(3,4)5)41-51-44(47)37-35-33-31-29-27-25-21-19-17-15-13-11-9-7-2/h8,10,14,16,19-22,24,26,30,32,43H,6-7,9,11-13,15,17-18,23,25,27-29,31,33-42H2,1-5H3/p+1/b10-8+,16-14+,21-19+,22-20+,26-24+,32-30+/t43-/m1/s1. The lowest BCUT2D eigenvalue weighted by molar-refractivity contribution is -0.870. The van der Waals surface area contributed by atoms with Crippen LogP contribution in [0.1, 0.15) is 149 Å². The summed E-state index contributed by atoms with van der Waals surface area (Å²) >= 11 is 0. The molecule has 0 rings (SSSR count). The fourth-order valence-corrected chi connectivity index (χ4v) is 5.90. The van der Waals surface area contributed by atoms with Crippen molar-refractivity contribution in [2.24, 2.45) is 0 Å². The number of likely N-dealkylation sites (N-methyl/N-ethyl adjacent to an activating group) is 1. The number of ether oxygens (including phenoxy) is 2. The summed E-state index contributed by atoms with van der Waals surface area (Å²) in [5.74, 6) is -0.884. The van der Waals surface area contributed by atoms with Crippen LogP contribution in [0.15, 0.2) is 72.9 Å². The second-order valence-corrected chi connectivity index (χ2v) is 16.4. The van der Waals surface area contributed by atoms with Crippen molar-refractivity contribution >= 4 is 19.8 Å². The molecule has 9 nitrogen and oxygen atoms in total. The van der Waals surface area contributed by atoms with E-state index < -0.39 is 32.5 Å². The number of nitrogens with zero attached hydrogens (tertiary/aromatic N) is 1. The number of carbonyl (C=O) groups excluding carboxylic acids is 2. The Hall–Kier alpha value is -2.55. The highest BCUT2D eigenvalue weighted by Gasteiger charge is 2.27. The van der Waals surface area contributed by atoms with Crippen molar-refractivity contribution in [2.45, 2.75) is 155 Å². The van der Waals surface area contributed by atoms with E-state index in [2.05, 4.69) is 80.7 Å². The first-order valence-corrected chi connectivity index (χ1v) is 22.7. The Bertz CT molecular complexity index is 1170. The molecule has 0 aliphatic carbocycles. The lowest BCUT2D eigenvalue weighted by atomic mass is 10.1. The summed E-state index contributed by atoms with van der Waals surface area (Å²) in [4.78, 5) is 35.3. The Morgan fingerprint density at radius 2 is 1.05 bits per heavy atom. The Morgan fingerprint density at radius 3 is 1.62 bits per heavy atom. The van der Waals surface area contributed by atoms with E-state index in [1.54, 1.807) is 0 Å². The van der Waals surface area contributed by atoms with Crippen molar-refractivity contribution in [1.29, 1.82) is 0 Å². The van der Waals surface area contributed by atoms with Crippen LogP contribution in [0.3, 0.4) is 0 Å². The maximum Gasteiger partial charge on any atom is 0.472 e. The van der Waals surface area contributed by atoms with E-state index in [1.165, 1.54) is 38.5 Å². The molecule has 316 valence electrons. The van der Waals surface area contributed by atoms with Crippen LogP contribution >= 0.6 is 7.82 Å². The minimum absolute atomic E-state index is 0.0163. The van der Waals surface area contributed by atoms with E-state index in [1.807, 2.05) is 27.2 Å². The zero-order valence-corrected chi connectivity index (χ0v) is 36.3. The SMILES string of the molecule is CC/C=C/C/C=C/C/C=C/C/C=C/C/C=C/CCCC(=O)O[C@H](COC(=O)CCCCCCC/C=C/CCCCCCC)COP(=O)(O)OCC[N+](C)(C)C. The summed E-state index contributed by atoms with van der Waals surface area (Å²) in [6.45, 7) is 4.20. The Balaban J connectivity index is 4.52. The first-order valence-electron chi connectivity index (χ1n) is 21.2. The van der Waals surface area contributed by atoms with E-state index >= 15 is 0 Å². The molecular weight excluding hydrogens is 713 g/mol. The molecule has 0 spiro atoms. The predicted octanol–water partition coefficient (Wildman–Crippen LogP) is 11.9. The molecular formula is C45H79NO8P+. The van der Waals surface area contributed by atoms with Crippen molar-refractivity contribution in [3.63, 3.8) is 0 Å². The van der Waals surface area contributed by atoms with Crippen LogP contribution in [0.5, 0.6) is 0 Å². The van der Waals surface area contributed by atoms with E-state index in [0.29, 0.717) is 23.9 Å². The van der Waals surface area contributed by atoms with Gasteiger partial charge in [0.15, 0.2) is 6.10 Å². The first kappa shape index (κ1) is 52.5. The molecule has 0 saturated carbocycles. The highest BCUT2D eigenvalue weighted by Crippen LogP contribution is 2.43. The number of phosphoric ester groups is 1.